The Morgan fingerprint density at radius 3 is 2.52 bits per heavy atom. The summed E-state index contributed by atoms with van der Waals surface area (Å²) in [6.07, 6.45) is 3.82. The number of aryl methyl sites for hydroxylation is 1. The number of nitrogens with zero attached hydrogens (tertiary/aromatic N) is 2. The van der Waals surface area contributed by atoms with Crippen molar-refractivity contribution in [3.8, 4) is 11.5 Å². The number of ether oxygens (including phenoxy) is 2. The molecule has 0 spiro atoms. The molecule has 0 saturated carbocycles. The number of Topliss-reactive ketones (excluding diaryl/α,β-unsaturated/α-hetero) is 1. The summed E-state index contributed by atoms with van der Waals surface area (Å²) < 4.78 is 14.3. The van der Waals surface area contributed by atoms with Crippen LogP contribution in [-0.2, 0) is 13.6 Å². The first-order valence-electron chi connectivity index (χ1n) is 6.33. The fraction of sp³-hybridized carbons (Fsp3) is 0.333. The number of hydrogen-bond donors (Lipinski definition) is 0. The van der Waals surface area contributed by atoms with Crippen LogP contribution in [0.4, 0.5) is 0 Å². The SMILES string of the molecule is COc1ccc(C(=O)Cn2cc[n+](C)c2C)c(OC)c1.[Br-]. The minimum absolute atomic E-state index is 0. The Morgan fingerprint density at radius 1 is 1.29 bits per heavy atom. The zero-order valence-electron chi connectivity index (χ0n) is 12.6. The van der Waals surface area contributed by atoms with Gasteiger partial charge in [-0.3, -0.25) is 4.79 Å². The Balaban J connectivity index is 0.00000220. The Hall–Kier alpha value is -1.82. The van der Waals surface area contributed by atoms with Gasteiger partial charge in [-0.2, -0.15) is 0 Å². The molecule has 0 aliphatic rings. The quantitative estimate of drug-likeness (QED) is 0.486. The minimum Gasteiger partial charge on any atom is -1.00 e. The van der Waals surface area contributed by atoms with E-state index in [1.807, 2.05) is 35.5 Å². The van der Waals surface area contributed by atoms with Gasteiger partial charge in [0.25, 0.3) is 5.82 Å². The van der Waals surface area contributed by atoms with Crippen LogP contribution < -0.4 is 31.0 Å². The number of ketones is 1. The molecule has 0 radical (unpaired) electrons. The Bertz CT molecular complexity index is 638. The molecule has 2 rings (SSSR count). The molecule has 0 atom stereocenters. The predicted molar refractivity (Wildman–Crippen MR) is 74.2 cm³/mol. The molecule has 21 heavy (non-hydrogen) atoms. The lowest BCUT2D eigenvalue weighted by Gasteiger charge is -2.09. The van der Waals surface area contributed by atoms with Crippen molar-refractivity contribution >= 4 is 5.78 Å². The van der Waals surface area contributed by atoms with Crippen molar-refractivity contribution in [3.63, 3.8) is 0 Å². The molecule has 0 aliphatic carbocycles. The molecule has 6 heteroatoms. The van der Waals surface area contributed by atoms with Crippen LogP contribution in [0.1, 0.15) is 16.2 Å². The summed E-state index contributed by atoms with van der Waals surface area (Å²) in [5.41, 5.74) is 0.559. The fourth-order valence-electron chi connectivity index (χ4n) is 2.03. The van der Waals surface area contributed by atoms with Crippen LogP contribution in [0.15, 0.2) is 30.6 Å². The maximum absolute atomic E-state index is 12.4. The van der Waals surface area contributed by atoms with Crippen LogP contribution in [0.2, 0.25) is 0 Å². The monoisotopic (exact) mass is 354 g/mol. The van der Waals surface area contributed by atoms with Gasteiger partial charge in [0, 0.05) is 13.0 Å². The number of halogens is 1. The third kappa shape index (κ3) is 3.64. The van der Waals surface area contributed by atoms with Crippen LogP contribution in [0, 0.1) is 6.92 Å². The molecule has 5 nitrogen and oxygen atoms in total. The molecule has 1 heterocycles. The Morgan fingerprint density at radius 2 is 2.00 bits per heavy atom. The summed E-state index contributed by atoms with van der Waals surface area (Å²) in [5.74, 6) is 2.22. The number of aromatic nitrogens is 2. The van der Waals surface area contributed by atoms with E-state index in [4.69, 9.17) is 9.47 Å². The highest BCUT2D eigenvalue weighted by atomic mass is 79.9. The third-order valence-corrected chi connectivity index (χ3v) is 3.42. The first kappa shape index (κ1) is 17.2. The van der Waals surface area contributed by atoms with Gasteiger partial charge >= 0.3 is 0 Å². The summed E-state index contributed by atoms with van der Waals surface area (Å²) in [5, 5.41) is 0. The largest absolute Gasteiger partial charge is 1.00 e. The number of rotatable bonds is 5. The van der Waals surface area contributed by atoms with Gasteiger partial charge in [0.05, 0.1) is 26.8 Å². The lowest BCUT2D eigenvalue weighted by atomic mass is 10.1. The van der Waals surface area contributed by atoms with Crippen LogP contribution in [-0.4, -0.2) is 24.6 Å². The van der Waals surface area contributed by atoms with Gasteiger partial charge in [-0.25, -0.2) is 9.13 Å². The van der Waals surface area contributed by atoms with Crippen LogP contribution in [0.3, 0.4) is 0 Å². The van der Waals surface area contributed by atoms with Crippen molar-refractivity contribution in [1.29, 1.82) is 0 Å². The third-order valence-electron chi connectivity index (χ3n) is 3.42. The Kier molecular flexibility index (Phi) is 5.96. The fourth-order valence-corrected chi connectivity index (χ4v) is 2.03. The molecular formula is C15H19BrN2O3. The molecule has 1 aromatic carbocycles. The van der Waals surface area contributed by atoms with Crippen molar-refractivity contribution in [2.45, 2.75) is 13.5 Å². The number of benzene rings is 1. The standard InChI is InChI=1S/C15H19N2O3.BrH/c1-11-16(2)7-8-17(11)10-14(18)13-6-5-12(19-3)9-15(13)20-4;/h5-9H,10H2,1-4H3;1H/q+1;/p-1. The number of imidazole rings is 1. The van der Waals surface area contributed by atoms with E-state index < -0.39 is 0 Å². The van der Waals surface area contributed by atoms with E-state index in [-0.39, 0.29) is 29.3 Å². The molecule has 1 aromatic heterocycles. The van der Waals surface area contributed by atoms with Gasteiger partial charge in [0.15, 0.2) is 6.54 Å². The maximum atomic E-state index is 12.4. The second kappa shape index (κ2) is 7.26. The smallest absolute Gasteiger partial charge is 0.253 e. The number of methoxy groups -OCH3 is 2. The zero-order chi connectivity index (χ0) is 14.7. The van der Waals surface area contributed by atoms with Crippen LogP contribution in [0.5, 0.6) is 11.5 Å². The van der Waals surface area contributed by atoms with Crippen molar-refractivity contribution in [2.75, 3.05) is 14.2 Å². The first-order valence-corrected chi connectivity index (χ1v) is 6.33. The summed E-state index contributed by atoms with van der Waals surface area (Å²) >= 11 is 0. The number of carbonyl (C=O) groups is 1. The van der Waals surface area contributed by atoms with E-state index in [0.29, 0.717) is 17.1 Å². The summed E-state index contributed by atoms with van der Waals surface area (Å²) in [4.78, 5) is 12.4. The van der Waals surface area contributed by atoms with Crippen LogP contribution >= 0.6 is 0 Å². The first-order chi connectivity index (χ1) is 9.56. The van der Waals surface area contributed by atoms with Gasteiger partial charge in [-0.05, 0) is 12.1 Å². The second-order valence-electron chi connectivity index (χ2n) is 4.57. The molecule has 0 amide bonds. The zero-order valence-corrected chi connectivity index (χ0v) is 14.2. The molecule has 0 bridgehead atoms. The highest BCUT2D eigenvalue weighted by Crippen LogP contribution is 2.25. The van der Waals surface area contributed by atoms with Crippen LogP contribution in [0.25, 0.3) is 0 Å². The highest BCUT2D eigenvalue weighted by Gasteiger charge is 2.18. The van der Waals surface area contributed by atoms with E-state index in [1.54, 1.807) is 32.4 Å². The summed E-state index contributed by atoms with van der Waals surface area (Å²) in [6.45, 7) is 2.26. The molecule has 0 aliphatic heterocycles. The molecular weight excluding hydrogens is 336 g/mol. The van der Waals surface area contributed by atoms with E-state index in [9.17, 15) is 4.79 Å². The predicted octanol–water partition coefficient (Wildman–Crippen LogP) is -1.47. The maximum Gasteiger partial charge on any atom is 0.253 e. The topological polar surface area (TPSA) is 44.3 Å². The molecule has 2 aromatic rings. The van der Waals surface area contributed by atoms with E-state index in [0.717, 1.165) is 5.82 Å². The van der Waals surface area contributed by atoms with Gasteiger partial charge in [0.2, 0.25) is 5.78 Å². The average molecular weight is 355 g/mol. The average Bonchev–Trinajstić information content (AvgIpc) is 2.78. The van der Waals surface area contributed by atoms with E-state index in [2.05, 4.69) is 0 Å². The number of carbonyl (C=O) groups excluding carboxylic acids is 1. The minimum atomic E-state index is 0. The van der Waals surface area contributed by atoms with Gasteiger partial charge in [-0.15, -0.1) is 0 Å². The van der Waals surface area contributed by atoms with Crippen molar-refractivity contribution < 1.29 is 35.8 Å². The van der Waals surface area contributed by atoms with Crippen molar-refractivity contribution in [2.24, 2.45) is 7.05 Å². The lowest BCUT2D eigenvalue weighted by molar-refractivity contribution is -0.677. The van der Waals surface area contributed by atoms with Gasteiger partial charge in [-0.1, -0.05) is 0 Å². The van der Waals surface area contributed by atoms with Crippen molar-refractivity contribution in [1.82, 2.24) is 4.57 Å². The van der Waals surface area contributed by atoms with Crippen molar-refractivity contribution in [3.05, 3.63) is 42.0 Å². The summed E-state index contributed by atoms with van der Waals surface area (Å²) in [7, 11) is 5.08. The van der Waals surface area contributed by atoms with Gasteiger partial charge in [0.1, 0.15) is 23.9 Å². The lowest BCUT2D eigenvalue weighted by Crippen LogP contribution is -3.00. The number of hydrogen-bond acceptors (Lipinski definition) is 3. The Labute approximate surface area is 134 Å². The second-order valence-corrected chi connectivity index (χ2v) is 4.57. The summed E-state index contributed by atoms with van der Waals surface area (Å²) in [6, 6.07) is 5.22. The highest BCUT2D eigenvalue weighted by molar-refractivity contribution is 5.98. The molecule has 0 saturated heterocycles. The van der Waals surface area contributed by atoms with E-state index in [1.165, 1.54) is 0 Å². The molecule has 0 unspecified atom stereocenters. The molecule has 114 valence electrons. The van der Waals surface area contributed by atoms with E-state index >= 15 is 0 Å². The molecule has 0 N–H and O–H groups in total. The molecule has 0 fully saturated rings. The van der Waals surface area contributed by atoms with Gasteiger partial charge < -0.3 is 26.5 Å². The normalized spacial score (nSPS) is 9.90.